The monoisotopic (exact) mass is 314 g/mol. The smallest absolute Gasteiger partial charge is 0.319 e. The van der Waals surface area contributed by atoms with Crippen molar-refractivity contribution in [2.75, 3.05) is 18.5 Å². The van der Waals surface area contributed by atoms with E-state index < -0.39 is 6.10 Å². The average Bonchev–Trinajstić information content (AvgIpc) is 2.57. The molecule has 1 atom stereocenters. The molecule has 0 saturated carbocycles. The molecule has 0 aromatic heterocycles. The summed E-state index contributed by atoms with van der Waals surface area (Å²) >= 11 is 0. The van der Waals surface area contributed by atoms with Gasteiger partial charge >= 0.3 is 6.03 Å². The molecular weight excluding hydrogens is 292 g/mol. The second-order valence-corrected chi connectivity index (χ2v) is 5.05. The van der Waals surface area contributed by atoms with Gasteiger partial charge in [0, 0.05) is 12.2 Å². The van der Waals surface area contributed by atoms with Gasteiger partial charge in [-0.25, -0.2) is 4.79 Å². The van der Waals surface area contributed by atoms with Gasteiger partial charge in [0.1, 0.15) is 5.75 Å². The molecule has 5 heteroatoms. The molecule has 0 radical (unpaired) electrons. The van der Waals surface area contributed by atoms with Crippen molar-refractivity contribution in [3.8, 4) is 5.75 Å². The van der Waals surface area contributed by atoms with Crippen LogP contribution in [0.15, 0.2) is 54.6 Å². The number of aliphatic hydroxyl groups is 1. The number of urea groups is 1. The van der Waals surface area contributed by atoms with Crippen LogP contribution in [0.2, 0.25) is 0 Å². The molecule has 0 spiro atoms. The van der Waals surface area contributed by atoms with Crippen molar-refractivity contribution in [2.24, 2.45) is 0 Å². The van der Waals surface area contributed by atoms with E-state index in [1.54, 1.807) is 24.3 Å². The van der Waals surface area contributed by atoms with Crippen molar-refractivity contribution in [1.82, 2.24) is 5.32 Å². The van der Waals surface area contributed by atoms with Crippen LogP contribution in [0.3, 0.4) is 0 Å². The van der Waals surface area contributed by atoms with E-state index in [0.29, 0.717) is 25.3 Å². The zero-order chi connectivity index (χ0) is 16.5. The third-order valence-corrected chi connectivity index (χ3v) is 3.31. The Balaban J connectivity index is 1.72. The quantitative estimate of drug-likeness (QED) is 0.734. The van der Waals surface area contributed by atoms with Crippen LogP contribution >= 0.6 is 0 Å². The third kappa shape index (κ3) is 5.64. The fraction of sp³-hybridized carbons (Fsp3) is 0.278. The highest BCUT2D eigenvalue weighted by Gasteiger charge is 2.07. The second-order valence-electron chi connectivity index (χ2n) is 5.05. The molecule has 2 amide bonds. The number of nitrogens with one attached hydrogen (secondary N) is 2. The highest BCUT2D eigenvalue weighted by Crippen LogP contribution is 2.16. The number of anilines is 1. The summed E-state index contributed by atoms with van der Waals surface area (Å²) in [5, 5.41) is 15.5. The van der Waals surface area contributed by atoms with Crippen LogP contribution in [0.4, 0.5) is 10.5 Å². The number of aliphatic hydroxyl groups excluding tert-OH is 1. The summed E-state index contributed by atoms with van der Waals surface area (Å²) in [5.74, 6) is 0.768. The Labute approximate surface area is 136 Å². The van der Waals surface area contributed by atoms with E-state index >= 15 is 0 Å². The number of ether oxygens (including phenoxy) is 1. The highest BCUT2D eigenvalue weighted by molar-refractivity contribution is 5.89. The first kappa shape index (κ1) is 16.8. The first-order chi connectivity index (χ1) is 11.2. The number of hydrogen-bond acceptors (Lipinski definition) is 3. The molecule has 0 bridgehead atoms. The summed E-state index contributed by atoms with van der Waals surface area (Å²) in [6.45, 7) is 2.92. The van der Waals surface area contributed by atoms with Crippen molar-refractivity contribution < 1.29 is 14.6 Å². The van der Waals surface area contributed by atoms with Gasteiger partial charge in [0.05, 0.1) is 12.7 Å². The largest absolute Gasteiger partial charge is 0.494 e. The van der Waals surface area contributed by atoms with Gasteiger partial charge in [0.15, 0.2) is 0 Å². The number of rotatable bonds is 7. The van der Waals surface area contributed by atoms with E-state index in [0.717, 1.165) is 11.3 Å². The van der Waals surface area contributed by atoms with Crippen LogP contribution in [0.25, 0.3) is 0 Å². The van der Waals surface area contributed by atoms with E-state index in [1.807, 2.05) is 37.3 Å². The average molecular weight is 314 g/mol. The Morgan fingerprint density at radius 2 is 1.83 bits per heavy atom. The molecule has 2 aromatic rings. The van der Waals surface area contributed by atoms with Crippen LogP contribution in [0.5, 0.6) is 5.75 Å². The molecule has 0 aliphatic heterocycles. The van der Waals surface area contributed by atoms with Crippen LogP contribution in [0.1, 0.15) is 25.0 Å². The van der Waals surface area contributed by atoms with Gasteiger partial charge in [-0.3, -0.25) is 0 Å². The van der Waals surface area contributed by atoms with Crippen LogP contribution in [0, 0.1) is 0 Å². The summed E-state index contributed by atoms with van der Waals surface area (Å²) in [6, 6.07) is 16.3. The van der Waals surface area contributed by atoms with E-state index in [4.69, 9.17) is 4.74 Å². The standard InChI is InChI=1S/C18H22N2O3/c1-2-23-16-10-8-15(9-11-16)20-18(22)19-13-12-17(21)14-6-4-3-5-7-14/h3-11,17,21H,2,12-13H2,1H3,(H2,19,20,22). The lowest BCUT2D eigenvalue weighted by Crippen LogP contribution is -2.30. The molecule has 0 saturated heterocycles. The first-order valence-electron chi connectivity index (χ1n) is 7.69. The van der Waals surface area contributed by atoms with E-state index in [-0.39, 0.29) is 6.03 Å². The van der Waals surface area contributed by atoms with Crippen molar-refractivity contribution in [2.45, 2.75) is 19.4 Å². The molecule has 0 aliphatic carbocycles. The van der Waals surface area contributed by atoms with Gasteiger partial charge < -0.3 is 20.5 Å². The van der Waals surface area contributed by atoms with Crippen LogP contribution in [-0.2, 0) is 0 Å². The Kier molecular flexibility index (Phi) is 6.44. The minimum Gasteiger partial charge on any atom is -0.494 e. The van der Waals surface area contributed by atoms with Crippen LogP contribution in [-0.4, -0.2) is 24.3 Å². The second kappa shape index (κ2) is 8.80. The van der Waals surface area contributed by atoms with E-state index in [9.17, 15) is 9.90 Å². The van der Waals surface area contributed by atoms with Gasteiger partial charge in [-0.05, 0) is 43.2 Å². The summed E-state index contributed by atoms with van der Waals surface area (Å²) in [7, 11) is 0. The normalized spacial score (nSPS) is 11.6. The molecule has 1 unspecified atom stereocenters. The number of carbonyl (C=O) groups excluding carboxylic acids is 1. The number of hydrogen-bond donors (Lipinski definition) is 3. The lowest BCUT2D eigenvalue weighted by atomic mass is 10.1. The van der Waals surface area contributed by atoms with Crippen molar-refractivity contribution >= 4 is 11.7 Å². The Morgan fingerprint density at radius 3 is 2.48 bits per heavy atom. The maximum Gasteiger partial charge on any atom is 0.319 e. The maximum atomic E-state index is 11.8. The number of benzene rings is 2. The topological polar surface area (TPSA) is 70.6 Å². The molecule has 0 aliphatic rings. The molecule has 23 heavy (non-hydrogen) atoms. The SMILES string of the molecule is CCOc1ccc(NC(=O)NCCC(O)c2ccccc2)cc1. The fourth-order valence-corrected chi connectivity index (χ4v) is 2.14. The zero-order valence-electron chi connectivity index (χ0n) is 13.2. The summed E-state index contributed by atoms with van der Waals surface area (Å²) < 4.78 is 5.34. The highest BCUT2D eigenvalue weighted by atomic mass is 16.5. The summed E-state index contributed by atoms with van der Waals surface area (Å²) in [4.78, 5) is 11.8. The number of carbonyl (C=O) groups is 1. The molecule has 5 nitrogen and oxygen atoms in total. The minimum absolute atomic E-state index is 0.297. The predicted molar refractivity (Wildman–Crippen MR) is 90.7 cm³/mol. The van der Waals surface area contributed by atoms with Gasteiger partial charge in [0.2, 0.25) is 0 Å². The lowest BCUT2D eigenvalue weighted by molar-refractivity contribution is 0.167. The molecule has 0 fully saturated rings. The molecule has 2 aromatic carbocycles. The molecule has 122 valence electrons. The van der Waals surface area contributed by atoms with Crippen molar-refractivity contribution in [1.29, 1.82) is 0 Å². The zero-order valence-corrected chi connectivity index (χ0v) is 13.2. The van der Waals surface area contributed by atoms with Gasteiger partial charge in [-0.1, -0.05) is 30.3 Å². The lowest BCUT2D eigenvalue weighted by Gasteiger charge is -2.12. The minimum atomic E-state index is -0.582. The van der Waals surface area contributed by atoms with Gasteiger partial charge in [0.25, 0.3) is 0 Å². The molecule has 3 N–H and O–H groups in total. The Hall–Kier alpha value is -2.53. The van der Waals surface area contributed by atoms with Gasteiger partial charge in [-0.2, -0.15) is 0 Å². The Bertz CT molecular complexity index is 599. The summed E-state index contributed by atoms with van der Waals surface area (Å²) in [6.07, 6.45) is -0.122. The number of amides is 2. The summed E-state index contributed by atoms with van der Waals surface area (Å²) in [5.41, 5.74) is 1.54. The molecule has 0 heterocycles. The van der Waals surface area contributed by atoms with E-state index in [1.165, 1.54) is 0 Å². The fourth-order valence-electron chi connectivity index (χ4n) is 2.14. The van der Waals surface area contributed by atoms with Crippen molar-refractivity contribution in [3.63, 3.8) is 0 Å². The van der Waals surface area contributed by atoms with Crippen molar-refractivity contribution in [3.05, 3.63) is 60.2 Å². The van der Waals surface area contributed by atoms with Crippen LogP contribution < -0.4 is 15.4 Å². The predicted octanol–water partition coefficient (Wildman–Crippen LogP) is 3.33. The third-order valence-electron chi connectivity index (χ3n) is 3.31. The molecule has 2 rings (SSSR count). The van der Waals surface area contributed by atoms with Gasteiger partial charge in [-0.15, -0.1) is 0 Å². The molecular formula is C18H22N2O3. The first-order valence-corrected chi connectivity index (χ1v) is 7.69. The van der Waals surface area contributed by atoms with E-state index in [2.05, 4.69) is 10.6 Å². The Morgan fingerprint density at radius 1 is 1.13 bits per heavy atom. The maximum absolute atomic E-state index is 11.8.